The predicted molar refractivity (Wildman–Crippen MR) is 127 cm³/mol. The molecule has 35 heavy (non-hydrogen) atoms. The summed E-state index contributed by atoms with van der Waals surface area (Å²) in [7, 11) is 0. The molecule has 2 aliphatic rings. The van der Waals surface area contributed by atoms with E-state index in [1.165, 1.54) is 0 Å². The topological polar surface area (TPSA) is 143 Å². The first-order valence-corrected chi connectivity index (χ1v) is 10.9. The third kappa shape index (κ3) is 5.79. The maximum Gasteiger partial charge on any atom is 0.297 e. The molecular weight excluding hydrogens is 452 g/mol. The van der Waals surface area contributed by atoms with Crippen LogP contribution in [0.1, 0.15) is 17.5 Å². The SMILES string of the molecule is O=[N+]([O-])C(CC(=C1NCC=CN1Cc1ccncc1)[N+](=O)[O-])=C1NCC=CN1Cc1ccncc1. The van der Waals surface area contributed by atoms with Gasteiger partial charge in [-0.15, -0.1) is 0 Å². The van der Waals surface area contributed by atoms with Crippen molar-refractivity contribution in [1.29, 1.82) is 0 Å². The van der Waals surface area contributed by atoms with Crippen LogP contribution in [0.15, 0.2) is 96.6 Å². The molecule has 0 unspecified atom stereocenters. The van der Waals surface area contributed by atoms with Crippen molar-refractivity contribution in [3.63, 3.8) is 0 Å². The van der Waals surface area contributed by atoms with Crippen LogP contribution < -0.4 is 10.6 Å². The summed E-state index contributed by atoms with van der Waals surface area (Å²) in [5, 5.41) is 30.4. The van der Waals surface area contributed by atoms with E-state index in [1.807, 2.05) is 36.4 Å². The minimum atomic E-state index is -0.559. The van der Waals surface area contributed by atoms with E-state index in [0.29, 0.717) is 26.2 Å². The highest BCUT2D eigenvalue weighted by atomic mass is 16.6. The van der Waals surface area contributed by atoms with Gasteiger partial charge < -0.3 is 20.4 Å². The number of nitrogens with one attached hydrogen (secondary N) is 2. The Morgan fingerprint density at radius 1 is 0.771 bits per heavy atom. The maximum absolute atomic E-state index is 12.2. The average Bonchev–Trinajstić information content (AvgIpc) is 2.87. The lowest BCUT2D eigenvalue weighted by Gasteiger charge is -2.28. The van der Waals surface area contributed by atoms with Gasteiger partial charge >= 0.3 is 0 Å². The van der Waals surface area contributed by atoms with Crippen molar-refractivity contribution >= 4 is 0 Å². The van der Waals surface area contributed by atoms with Crippen LogP contribution in [0.2, 0.25) is 0 Å². The van der Waals surface area contributed by atoms with E-state index < -0.39 is 16.3 Å². The number of aromatic nitrogens is 2. The highest BCUT2D eigenvalue weighted by Gasteiger charge is 2.34. The molecule has 2 aromatic rings. The summed E-state index contributed by atoms with van der Waals surface area (Å²) < 4.78 is 0. The molecule has 4 rings (SSSR count). The molecule has 180 valence electrons. The number of nitro groups is 2. The van der Waals surface area contributed by atoms with Gasteiger partial charge in [-0.25, -0.2) is 0 Å². The first kappa shape index (κ1) is 23.4. The molecule has 12 nitrogen and oxygen atoms in total. The van der Waals surface area contributed by atoms with Crippen molar-refractivity contribution in [2.75, 3.05) is 13.1 Å². The molecule has 2 aliphatic heterocycles. The molecule has 0 radical (unpaired) electrons. The first-order chi connectivity index (χ1) is 17.0. The quantitative estimate of drug-likeness (QED) is 0.430. The highest BCUT2D eigenvalue weighted by Crippen LogP contribution is 2.25. The standard InChI is InChI=1S/C23H24N8O4/c32-30(33)20(22-26-7-1-13-28(22)16-18-3-9-24-10-4-18)15-21(31(34)35)23-27-8-2-14-29(23)17-19-5-11-25-12-6-19/h1-6,9-14,26-27H,7-8,15-17H2. The number of hydrogen-bond donors (Lipinski definition) is 2. The molecule has 12 heteroatoms. The second-order valence-electron chi connectivity index (χ2n) is 7.78. The Hall–Kier alpha value is -4.74. The zero-order chi connectivity index (χ0) is 24.6. The summed E-state index contributed by atoms with van der Waals surface area (Å²) in [5.74, 6) is 0.447. The summed E-state index contributed by atoms with van der Waals surface area (Å²) in [6, 6.07) is 7.24. The van der Waals surface area contributed by atoms with Gasteiger partial charge in [0.05, 0.1) is 9.85 Å². The zero-order valence-electron chi connectivity index (χ0n) is 18.8. The van der Waals surface area contributed by atoms with Gasteiger partial charge in [-0.05, 0) is 47.5 Å². The minimum absolute atomic E-state index is 0.223. The van der Waals surface area contributed by atoms with Crippen molar-refractivity contribution in [1.82, 2.24) is 30.4 Å². The van der Waals surface area contributed by atoms with Crippen LogP contribution in [0.4, 0.5) is 0 Å². The van der Waals surface area contributed by atoms with Gasteiger partial charge in [-0.1, -0.05) is 0 Å². The Kier molecular flexibility index (Phi) is 7.31. The molecule has 0 saturated carbocycles. The van der Waals surface area contributed by atoms with Crippen LogP contribution in [0.3, 0.4) is 0 Å². The molecular formula is C23H24N8O4. The van der Waals surface area contributed by atoms with Gasteiger partial charge in [0.2, 0.25) is 0 Å². The number of hydrogen-bond acceptors (Lipinski definition) is 10. The van der Waals surface area contributed by atoms with Crippen molar-refractivity contribution in [3.8, 4) is 0 Å². The number of rotatable bonds is 8. The Labute approximate surface area is 201 Å². The van der Waals surface area contributed by atoms with Gasteiger partial charge in [-0.3, -0.25) is 30.2 Å². The normalized spacial score (nSPS) is 17.9. The molecule has 0 bridgehead atoms. The molecule has 0 spiro atoms. The van der Waals surface area contributed by atoms with Crippen molar-refractivity contribution in [3.05, 3.63) is 128 Å². The first-order valence-electron chi connectivity index (χ1n) is 10.9. The Morgan fingerprint density at radius 2 is 1.17 bits per heavy atom. The fourth-order valence-electron chi connectivity index (χ4n) is 3.82. The van der Waals surface area contributed by atoms with Gasteiger partial charge in [-0.2, -0.15) is 0 Å². The van der Waals surface area contributed by atoms with E-state index in [4.69, 9.17) is 0 Å². The molecule has 4 heterocycles. The van der Waals surface area contributed by atoms with Crippen molar-refractivity contribution < 1.29 is 9.85 Å². The lowest BCUT2D eigenvalue weighted by Crippen LogP contribution is -2.36. The van der Waals surface area contributed by atoms with Gasteiger partial charge in [0.15, 0.2) is 11.6 Å². The fraction of sp³-hybridized carbons (Fsp3) is 0.217. The summed E-state index contributed by atoms with van der Waals surface area (Å²) >= 11 is 0. The highest BCUT2D eigenvalue weighted by molar-refractivity contribution is 5.24. The van der Waals surface area contributed by atoms with E-state index in [0.717, 1.165) is 11.1 Å². The molecule has 0 fully saturated rings. The minimum Gasteiger partial charge on any atom is -0.363 e. The number of nitrogens with zero attached hydrogens (tertiary/aromatic N) is 6. The van der Waals surface area contributed by atoms with Crippen LogP contribution in [0, 0.1) is 20.2 Å². The Bertz CT molecular complexity index is 1100. The second-order valence-corrected chi connectivity index (χ2v) is 7.78. The van der Waals surface area contributed by atoms with Crippen molar-refractivity contribution in [2.24, 2.45) is 0 Å². The largest absolute Gasteiger partial charge is 0.363 e. The van der Waals surface area contributed by atoms with E-state index in [9.17, 15) is 20.2 Å². The molecule has 0 aliphatic carbocycles. The molecule has 0 atom stereocenters. The monoisotopic (exact) mass is 476 g/mol. The van der Waals surface area contributed by atoms with E-state index in [-0.39, 0.29) is 23.0 Å². The summed E-state index contributed by atoms with van der Waals surface area (Å²) in [6.45, 7) is 1.44. The van der Waals surface area contributed by atoms with Crippen LogP contribution in [0.5, 0.6) is 0 Å². The third-order valence-electron chi connectivity index (χ3n) is 5.45. The molecule has 0 saturated heterocycles. The van der Waals surface area contributed by atoms with Crippen LogP contribution >= 0.6 is 0 Å². The van der Waals surface area contributed by atoms with Gasteiger partial charge in [0.1, 0.15) is 6.42 Å². The smallest absolute Gasteiger partial charge is 0.297 e. The zero-order valence-corrected chi connectivity index (χ0v) is 18.8. The molecule has 0 amide bonds. The molecule has 2 N–H and O–H groups in total. The Balaban J connectivity index is 1.70. The lowest BCUT2D eigenvalue weighted by atomic mass is 10.1. The van der Waals surface area contributed by atoms with Crippen LogP contribution in [-0.4, -0.2) is 42.7 Å². The van der Waals surface area contributed by atoms with Crippen LogP contribution in [-0.2, 0) is 13.1 Å². The molecule has 0 aromatic carbocycles. The summed E-state index contributed by atoms with van der Waals surface area (Å²) in [6.07, 6.45) is 13.2. The van der Waals surface area contributed by atoms with Gasteiger partial charge in [0, 0.05) is 63.4 Å². The lowest BCUT2D eigenvalue weighted by molar-refractivity contribution is -0.452. The molecule has 2 aromatic heterocycles. The van der Waals surface area contributed by atoms with Crippen LogP contribution in [0.25, 0.3) is 0 Å². The number of pyridine rings is 2. The van der Waals surface area contributed by atoms with E-state index in [1.54, 1.807) is 47.0 Å². The fourth-order valence-corrected chi connectivity index (χ4v) is 3.82. The van der Waals surface area contributed by atoms with Gasteiger partial charge in [0.25, 0.3) is 11.4 Å². The maximum atomic E-state index is 12.2. The second kappa shape index (κ2) is 10.9. The average molecular weight is 476 g/mol. The summed E-state index contributed by atoms with van der Waals surface area (Å²) in [4.78, 5) is 34.6. The summed E-state index contributed by atoms with van der Waals surface area (Å²) in [5.41, 5.74) is 1.21. The van der Waals surface area contributed by atoms with Crippen molar-refractivity contribution in [2.45, 2.75) is 19.5 Å². The predicted octanol–water partition coefficient (Wildman–Crippen LogP) is 2.30. The van der Waals surface area contributed by atoms with E-state index >= 15 is 0 Å². The Morgan fingerprint density at radius 3 is 1.54 bits per heavy atom. The van der Waals surface area contributed by atoms with E-state index in [2.05, 4.69) is 20.6 Å². The third-order valence-corrected chi connectivity index (χ3v) is 5.45.